The molecule has 2 bridgehead atoms. The second-order valence-electron chi connectivity index (χ2n) is 9.05. The van der Waals surface area contributed by atoms with Gasteiger partial charge in [0.1, 0.15) is 11.9 Å². The van der Waals surface area contributed by atoms with Crippen LogP contribution in [0.15, 0.2) is 17.6 Å². The highest BCUT2D eigenvalue weighted by molar-refractivity contribution is 7.15. The van der Waals surface area contributed by atoms with Gasteiger partial charge in [0.25, 0.3) is 11.8 Å². The zero-order valence-electron chi connectivity index (χ0n) is 18.3. The van der Waals surface area contributed by atoms with Gasteiger partial charge in [0.2, 0.25) is 0 Å². The molecule has 2 saturated heterocycles. The molecule has 2 amide bonds. The summed E-state index contributed by atoms with van der Waals surface area (Å²) >= 11 is 1.50. The predicted octanol–water partition coefficient (Wildman–Crippen LogP) is 2.29. The van der Waals surface area contributed by atoms with E-state index in [1.54, 1.807) is 15.9 Å². The number of rotatable bonds is 2. The monoisotopic (exact) mass is 472 g/mol. The summed E-state index contributed by atoms with van der Waals surface area (Å²) < 4.78 is 23.3. The quantitative estimate of drug-likeness (QED) is 0.571. The number of carbonyl (C=O) groups excluding carboxylic acids is 2. The average molecular weight is 473 g/mol. The Morgan fingerprint density at radius 1 is 1.18 bits per heavy atom. The topological polar surface area (TPSA) is 85.0 Å². The maximum Gasteiger partial charge on any atom is 0.275 e. The SMILES string of the molecule is Cc1nc2sccn2c1C(=O)N1CCCn2nc(C(=O)N3C4COCC3CC(F)C4)cc2C1. The summed E-state index contributed by atoms with van der Waals surface area (Å²) in [5.74, 6) is -0.247. The average Bonchev–Trinajstić information content (AvgIpc) is 3.43. The summed E-state index contributed by atoms with van der Waals surface area (Å²) in [6, 6.07) is 1.28. The molecule has 0 spiro atoms. The molecule has 2 unspecified atom stereocenters. The predicted molar refractivity (Wildman–Crippen MR) is 118 cm³/mol. The van der Waals surface area contributed by atoms with Crippen LogP contribution in [0.3, 0.4) is 0 Å². The largest absolute Gasteiger partial charge is 0.377 e. The van der Waals surface area contributed by atoms with Gasteiger partial charge in [0.05, 0.1) is 43.2 Å². The Kier molecular flexibility index (Phi) is 4.98. The minimum atomic E-state index is -0.895. The Morgan fingerprint density at radius 2 is 1.97 bits per heavy atom. The van der Waals surface area contributed by atoms with Gasteiger partial charge in [-0.3, -0.25) is 18.7 Å². The molecule has 6 rings (SSSR count). The molecular formula is C22H25FN6O3S. The molecular weight excluding hydrogens is 447 g/mol. The molecule has 0 aromatic carbocycles. The number of thiazole rings is 1. The number of hydrogen-bond donors (Lipinski definition) is 0. The first-order chi connectivity index (χ1) is 16.0. The lowest BCUT2D eigenvalue weighted by Gasteiger charge is -2.46. The fourth-order valence-corrected chi connectivity index (χ4v) is 6.11. The number of ether oxygens (including phenoxy) is 1. The maximum atomic E-state index is 14.1. The number of morpholine rings is 1. The molecule has 2 fully saturated rings. The van der Waals surface area contributed by atoms with Gasteiger partial charge >= 0.3 is 0 Å². The highest BCUT2D eigenvalue weighted by atomic mass is 32.1. The smallest absolute Gasteiger partial charge is 0.275 e. The number of hydrogen-bond acceptors (Lipinski definition) is 6. The Morgan fingerprint density at radius 3 is 2.76 bits per heavy atom. The molecule has 6 heterocycles. The molecule has 3 aromatic heterocycles. The summed E-state index contributed by atoms with van der Waals surface area (Å²) in [5, 5.41) is 6.50. The molecule has 11 heteroatoms. The number of imidazole rings is 1. The number of halogens is 1. The number of aryl methyl sites for hydroxylation is 2. The first kappa shape index (κ1) is 20.8. The van der Waals surface area contributed by atoms with Crippen molar-refractivity contribution in [1.29, 1.82) is 0 Å². The van der Waals surface area contributed by atoms with Crippen molar-refractivity contribution in [3.63, 3.8) is 0 Å². The van der Waals surface area contributed by atoms with Crippen molar-refractivity contribution in [2.45, 2.75) is 57.5 Å². The van der Waals surface area contributed by atoms with Crippen molar-refractivity contribution in [2.24, 2.45) is 0 Å². The van der Waals surface area contributed by atoms with E-state index in [0.717, 1.165) is 17.1 Å². The summed E-state index contributed by atoms with van der Waals surface area (Å²) in [6.45, 7) is 4.19. The van der Waals surface area contributed by atoms with Crippen LogP contribution in [0, 0.1) is 6.92 Å². The number of nitrogens with zero attached hydrogens (tertiary/aromatic N) is 6. The van der Waals surface area contributed by atoms with Crippen molar-refractivity contribution in [3.05, 3.63) is 40.4 Å². The van der Waals surface area contributed by atoms with Crippen LogP contribution in [-0.4, -0.2) is 78.8 Å². The molecule has 0 radical (unpaired) electrons. The van der Waals surface area contributed by atoms with E-state index in [0.29, 0.717) is 62.8 Å². The van der Waals surface area contributed by atoms with Gasteiger partial charge in [-0.1, -0.05) is 0 Å². The number of amides is 2. The zero-order valence-corrected chi connectivity index (χ0v) is 19.1. The third-order valence-corrected chi connectivity index (χ3v) is 7.61. The molecule has 0 N–H and O–H groups in total. The van der Waals surface area contributed by atoms with Crippen LogP contribution in [0.5, 0.6) is 0 Å². The lowest BCUT2D eigenvalue weighted by molar-refractivity contribution is -0.0740. The van der Waals surface area contributed by atoms with Gasteiger partial charge in [0.15, 0.2) is 10.7 Å². The van der Waals surface area contributed by atoms with E-state index in [2.05, 4.69) is 10.1 Å². The molecule has 0 aliphatic carbocycles. The van der Waals surface area contributed by atoms with E-state index in [1.807, 2.05) is 27.6 Å². The van der Waals surface area contributed by atoms with Gasteiger partial charge in [-0.2, -0.15) is 5.10 Å². The van der Waals surface area contributed by atoms with Crippen LogP contribution in [0.2, 0.25) is 0 Å². The lowest BCUT2D eigenvalue weighted by Crippen LogP contribution is -2.59. The van der Waals surface area contributed by atoms with Gasteiger partial charge < -0.3 is 14.5 Å². The number of carbonyl (C=O) groups is 2. The standard InChI is InChI=1S/C22H25FN6O3S/c1-13-19(27-5-6-33-22(27)24-13)21(31)26-3-2-4-28-15(10-26)9-18(25-28)20(30)29-16-7-14(23)8-17(29)12-32-11-16/h5-6,9,14,16-17H,2-4,7-8,10-12H2,1H3. The highest BCUT2D eigenvalue weighted by Gasteiger charge is 2.43. The van der Waals surface area contributed by atoms with Crippen LogP contribution in [0.1, 0.15) is 51.6 Å². The van der Waals surface area contributed by atoms with Crippen LogP contribution < -0.4 is 0 Å². The third-order valence-electron chi connectivity index (χ3n) is 6.86. The maximum absolute atomic E-state index is 14.1. The van der Waals surface area contributed by atoms with Crippen LogP contribution in [0.4, 0.5) is 4.39 Å². The van der Waals surface area contributed by atoms with Crippen LogP contribution in [-0.2, 0) is 17.8 Å². The van der Waals surface area contributed by atoms with Crippen molar-refractivity contribution in [2.75, 3.05) is 19.8 Å². The van der Waals surface area contributed by atoms with Crippen molar-refractivity contribution >= 4 is 28.1 Å². The Bertz CT molecular complexity index is 1220. The van der Waals surface area contributed by atoms with Crippen LogP contribution in [0.25, 0.3) is 4.96 Å². The van der Waals surface area contributed by atoms with Gasteiger partial charge in [-0.15, -0.1) is 11.3 Å². The van der Waals surface area contributed by atoms with Gasteiger partial charge in [-0.05, 0) is 19.4 Å². The Balaban J connectivity index is 1.26. The summed E-state index contributed by atoms with van der Waals surface area (Å²) in [5.41, 5.74) is 2.48. The molecule has 174 valence electrons. The normalized spacial score (nSPS) is 25.2. The van der Waals surface area contributed by atoms with Crippen molar-refractivity contribution in [3.8, 4) is 0 Å². The van der Waals surface area contributed by atoms with E-state index in [9.17, 15) is 14.0 Å². The van der Waals surface area contributed by atoms with Crippen molar-refractivity contribution in [1.82, 2.24) is 29.0 Å². The molecule has 33 heavy (non-hydrogen) atoms. The highest BCUT2D eigenvalue weighted by Crippen LogP contribution is 2.31. The van der Waals surface area contributed by atoms with E-state index < -0.39 is 6.17 Å². The summed E-state index contributed by atoms with van der Waals surface area (Å²) in [6.07, 6.45) is 2.32. The Labute approximate surface area is 193 Å². The van der Waals surface area contributed by atoms with E-state index in [4.69, 9.17) is 4.74 Å². The molecule has 3 aliphatic heterocycles. The van der Waals surface area contributed by atoms with Gasteiger partial charge in [0, 0.05) is 37.5 Å². The number of alkyl halides is 1. The molecule has 0 saturated carbocycles. The first-order valence-corrected chi connectivity index (χ1v) is 12.2. The number of piperidine rings is 1. The molecule has 9 nitrogen and oxygen atoms in total. The van der Waals surface area contributed by atoms with E-state index >= 15 is 0 Å². The fourth-order valence-electron chi connectivity index (χ4n) is 5.35. The molecule has 3 aliphatic rings. The first-order valence-electron chi connectivity index (χ1n) is 11.3. The molecule has 2 atom stereocenters. The number of aromatic nitrogens is 4. The third kappa shape index (κ3) is 3.45. The van der Waals surface area contributed by atoms with Gasteiger partial charge in [-0.25, -0.2) is 9.37 Å². The Hall–Kier alpha value is -2.79. The van der Waals surface area contributed by atoms with E-state index in [-0.39, 0.29) is 23.9 Å². The van der Waals surface area contributed by atoms with Crippen molar-refractivity contribution < 1.29 is 18.7 Å². The van der Waals surface area contributed by atoms with Crippen LogP contribution >= 0.6 is 11.3 Å². The number of fused-ring (bicyclic) bond motifs is 4. The summed E-state index contributed by atoms with van der Waals surface area (Å²) in [7, 11) is 0. The minimum absolute atomic E-state index is 0.0716. The molecule has 3 aromatic rings. The van der Waals surface area contributed by atoms with E-state index in [1.165, 1.54) is 11.3 Å². The second kappa shape index (κ2) is 7.91. The second-order valence-corrected chi connectivity index (χ2v) is 9.92. The minimum Gasteiger partial charge on any atom is -0.377 e. The fraction of sp³-hybridized carbons (Fsp3) is 0.545. The lowest BCUT2D eigenvalue weighted by atomic mass is 9.92. The zero-order chi connectivity index (χ0) is 22.7. The summed E-state index contributed by atoms with van der Waals surface area (Å²) in [4.78, 5) is 35.7.